The molecule has 0 radical (unpaired) electrons. The van der Waals surface area contributed by atoms with Gasteiger partial charge < -0.3 is 4.89 Å². The summed E-state index contributed by atoms with van der Waals surface area (Å²) in [6.07, 6.45) is 0.575. The first-order chi connectivity index (χ1) is 8.97. The van der Waals surface area contributed by atoms with Crippen molar-refractivity contribution in [1.82, 2.24) is 0 Å². The molecule has 0 amide bonds. The maximum atomic E-state index is 13.1. The SMILES string of the molecule is Bc1cc(C)ccc1P(O)Cc1ccc(F)cc1C. The Morgan fingerprint density at radius 1 is 1.16 bits per heavy atom. The molecule has 0 aliphatic heterocycles. The van der Waals surface area contributed by atoms with E-state index in [0.717, 1.165) is 21.9 Å². The molecule has 1 nitrogen and oxygen atoms in total. The molecule has 0 heterocycles. The molecule has 0 aliphatic rings. The molecule has 0 fully saturated rings. The van der Waals surface area contributed by atoms with Crippen molar-refractivity contribution in [2.45, 2.75) is 20.0 Å². The first-order valence-corrected chi connectivity index (χ1v) is 7.74. The standard InChI is InChI=1S/C15H17BFOP/c1-10-3-6-15(14(16)7-10)19(18)9-12-4-5-13(17)8-11(12)2/h3-8,18H,9,16H2,1-2H3. The maximum absolute atomic E-state index is 13.1. The van der Waals surface area contributed by atoms with Crippen LogP contribution in [-0.4, -0.2) is 12.7 Å². The molecule has 0 aliphatic carbocycles. The Morgan fingerprint density at radius 2 is 1.89 bits per heavy atom. The molecular weight excluding hydrogens is 257 g/mol. The van der Waals surface area contributed by atoms with E-state index in [-0.39, 0.29) is 5.82 Å². The zero-order valence-electron chi connectivity index (χ0n) is 11.4. The molecule has 0 aromatic heterocycles. The van der Waals surface area contributed by atoms with Crippen LogP contribution in [-0.2, 0) is 6.16 Å². The molecule has 1 atom stereocenters. The first kappa shape index (κ1) is 14.2. The van der Waals surface area contributed by atoms with Crippen LogP contribution in [0.1, 0.15) is 16.7 Å². The minimum absolute atomic E-state index is 0.227. The van der Waals surface area contributed by atoms with E-state index in [1.54, 1.807) is 6.07 Å². The summed E-state index contributed by atoms with van der Waals surface area (Å²) in [6, 6.07) is 10.8. The highest BCUT2D eigenvalue weighted by molar-refractivity contribution is 7.59. The van der Waals surface area contributed by atoms with Crippen molar-refractivity contribution in [3.05, 3.63) is 58.9 Å². The largest absolute Gasteiger partial charge is 0.369 e. The fourth-order valence-corrected chi connectivity index (χ4v) is 3.74. The summed E-state index contributed by atoms with van der Waals surface area (Å²) < 4.78 is 13.1. The van der Waals surface area contributed by atoms with Gasteiger partial charge in [0.1, 0.15) is 13.7 Å². The van der Waals surface area contributed by atoms with Crippen molar-refractivity contribution in [2.75, 3.05) is 0 Å². The average molecular weight is 274 g/mol. The van der Waals surface area contributed by atoms with Gasteiger partial charge in [0, 0.05) is 6.16 Å². The third-order valence-electron chi connectivity index (χ3n) is 3.26. The van der Waals surface area contributed by atoms with E-state index >= 15 is 0 Å². The molecule has 0 saturated carbocycles. The van der Waals surface area contributed by atoms with Gasteiger partial charge in [-0.25, -0.2) is 4.39 Å². The second-order valence-electron chi connectivity index (χ2n) is 4.92. The van der Waals surface area contributed by atoms with Gasteiger partial charge in [0.25, 0.3) is 0 Å². The fraction of sp³-hybridized carbons (Fsp3) is 0.200. The molecule has 1 N–H and O–H groups in total. The third-order valence-corrected chi connectivity index (χ3v) is 4.95. The van der Waals surface area contributed by atoms with Gasteiger partial charge in [-0.3, -0.25) is 0 Å². The molecule has 19 heavy (non-hydrogen) atoms. The molecule has 0 bridgehead atoms. The molecule has 0 spiro atoms. The number of aryl methyl sites for hydroxylation is 2. The van der Waals surface area contributed by atoms with Crippen molar-refractivity contribution in [3.8, 4) is 0 Å². The van der Waals surface area contributed by atoms with Gasteiger partial charge in [0.05, 0.1) is 8.15 Å². The van der Waals surface area contributed by atoms with E-state index in [2.05, 4.69) is 6.07 Å². The average Bonchev–Trinajstić information content (AvgIpc) is 2.32. The smallest absolute Gasteiger partial charge is 0.140 e. The van der Waals surface area contributed by atoms with Crippen LogP contribution in [0.4, 0.5) is 4.39 Å². The summed E-state index contributed by atoms with van der Waals surface area (Å²) in [4.78, 5) is 10.4. The monoisotopic (exact) mass is 274 g/mol. The van der Waals surface area contributed by atoms with Crippen LogP contribution >= 0.6 is 8.15 Å². The summed E-state index contributed by atoms with van der Waals surface area (Å²) in [5.74, 6) is -0.227. The van der Waals surface area contributed by atoms with E-state index in [1.165, 1.54) is 17.7 Å². The van der Waals surface area contributed by atoms with Gasteiger partial charge in [0.15, 0.2) is 0 Å². The van der Waals surface area contributed by atoms with Gasteiger partial charge >= 0.3 is 0 Å². The van der Waals surface area contributed by atoms with E-state index in [0.29, 0.717) is 6.16 Å². The van der Waals surface area contributed by atoms with Gasteiger partial charge in [-0.2, -0.15) is 0 Å². The zero-order valence-corrected chi connectivity index (χ0v) is 12.3. The zero-order chi connectivity index (χ0) is 14.0. The lowest BCUT2D eigenvalue weighted by atomic mass is 9.95. The predicted octanol–water partition coefficient (Wildman–Crippen LogP) is 1.92. The van der Waals surface area contributed by atoms with Crippen LogP contribution in [0, 0.1) is 19.7 Å². The number of rotatable bonds is 3. The molecule has 98 valence electrons. The van der Waals surface area contributed by atoms with Crippen LogP contribution in [0.3, 0.4) is 0 Å². The lowest BCUT2D eigenvalue weighted by molar-refractivity contribution is 0.623. The molecule has 2 rings (SSSR count). The molecule has 2 aromatic rings. The second-order valence-corrected chi connectivity index (χ2v) is 6.52. The van der Waals surface area contributed by atoms with Crippen LogP contribution in [0.25, 0.3) is 0 Å². The van der Waals surface area contributed by atoms with Gasteiger partial charge in [-0.1, -0.05) is 35.3 Å². The van der Waals surface area contributed by atoms with Crippen LogP contribution in [0.5, 0.6) is 0 Å². The first-order valence-electron chi connectivity index (χ1n) is 6.26. The quantitative estimate of drug-likeness (QED) is 0.669. The second kappa shape index (κ2) is 5.86. The maximum Gasteiger partial charge on any atom is 0.140 e. The fourth-order valence-electron chi connectivity index (χ4n) is 2.18. The van der Waals surface area contributed by atoms with E-state index in [9.17, 15) is 9.28 Å². The lowest BCUT2D eigenvalue weighted by Gasteiger charge is -2.15. The number of halogens is 1. The van der Waals surface area contributed by atoms with E-state index in [1.807, 2.05) is 33.8 Å². The summed E-state index contributed by atoms with van der Waals surface area (Å²) in [5.41, 5.74) is 4.22. The van der Waals surface area contributed by atoms with Crippen molar-refractivity contribution in [1.29, 1.82) is 0 Å². The minimum Gasteiger partial charge on any atom is -0.369 e. The summed E-state index contributed by atoms with van der Waals surface area (Å²) >= 11 is 0. The number of hydrogen-bond acceptors (Lipinski definition) is 1. The lowest BCUT2D eigenvalue weighted by Crippen LogP contribution is -2.24. The van der Waals surface area contributed by atoms with Crippen LogP contribution in [0.2, 0.25) is 0 Å². The topological polar surface area (TPSA) is 20.2 Å². The van der Waals surface area contributed by atoms with Crippen molar-refractivity contribution in [2.24, 2.45) is 0 Å². The van der Waals surface area contributed by atoms with Gasteiger partial charge in [-0.05, 0) is 42.4 Å². The summed E-state index contributed by atoms with van der Waals surface area (Å²) in [7, 11) is 0.786. The van der Waals surface area contributed by atoms with Crippen LogP contribution in [0.15, 0.2) is 36.4 Å². The predicted molar refractivity (Wildman–Crippen MR) is 83.0 cm³/mol. The number of benzene rings is 2. The Labute approximate surface area is 115 Å². The van der Waals surface area contributed by atoms with Gasteiger partial charge in [0.2, 0.25) is 0 Å². The van der Waals surface area contributed by atoms with E-state index < -0.39 is 8.15 Å². The third kappa shape index (κ3) is 3.43. The highest BCUT2D eigenvalue weighted by atomic mass is 31.1. The molecule has 4 heteroatoms. The highest BCUT2D eigenvalue weighted by Gasteiger charge is 2.13. The molecule has 1 unspecified atom stereocenters. The minimum atomic E-state index is -1.23. The van der Waals surface area contributed by atoms with E-state index in [4.69, 9.17) is 0 Å². The highest BCUT2D eigenvalue weighted by Crippen LogP contribution is 2.34. The molecular formula is C15H17BFOP. The molecule has 0 saturated heterocycles. The summed E-state index contributed by atoms with van der Waals surface area (Å²) in [6.45, 7) is 3.92. The number of hydrogen-bond donors (Lipinski definition) is 1. The Balaban J connectivity index is 2.23. The Kier molecular flexibility index (Phi) is 4.39. The van der Waals surface area contributed by atoms with Crippen molar-refractivity contribution in [3.63, 3.8) is 0 Å². The Morgan fingerprint density at radius 3 is 2.53 bits per heavy atom. The normalized spacial score (nSPS) is 12.4. The molecule has 2 aromatic carbocycles. The van der Waals surface area contributed by atoms with Crippen molar-refractivity contribution >= 4 is 26.8 Å². The summed E-state index contributed by atoms with van der Waals surface area (Å²) in [5, 5.41) is 1.00. The Bertz CT molecular complexity index is 601. The van der Waals surface area contributed by atoms with Gasteiger partial charge in [-0.15, -0.1) is 0 Å². The Hall–Kier alpha value is -1.18. The van der Waals surface area contributed by atoms with Crippen LogP contribution < -0.4 is 10.8 Å². The van der Waals surface area contributed by atoms with Crippen molar-refractivity contribution < 1.29 is 9.28 Å².